The quantitative estimate of drug-likeness (QED) is 0.778. The van der Waals surface area contributed by atoms with Crippen LogP contribution in [0, 0.1) is 0 Å². The fourth-order valence-electron chi connectivity index (χ4n) is 3.20. The van der Waals surface area contributed by atoms with Gasteiger partial charge in [-0.3, -0.25) is 4.79 Å². The number of rotatable bonds is 4. The van der Waals surface area contributed by atoms with Gasteiger partial charge in [-0.2, -0.15) is 0 Å². The first-order valence-corrected chi connectivity index (χ1v) is 8.38. The molecule has 1 N–H and O–H groups in total. The molecule has 0 atom stereocenters. The molecule has 0 unspecified atom stereocenters. The molecule has 0 aliphatic heterocycles. The number of benzene rings is 2. The van der Waals surface area contributed by atoms with Gasteiger partial charge in [-0.25, -0.2) is 8.78 Å². The van der Waals surface area contributed by atoms with Gasteiger partial charge in [0.25, 0.3) is 5.92 Å². The molecule has 0 heterocycles. The standard InChI is InChI=1S/C21H20F2O2/c1-3-13-4-5-15(12-17(13)20-18(24)10-11-19(20)25)14-6-8-16(9-7-14)21(2,22)23/h4-9,12,24H,3,10-11H2,1-2H3. The lowest BCUT2D eigenvalue weighted by atomic mass is 9.92. The Balaban J connectivity index is 2.06. The van der Waals surface area contributed by atoms with Crippen molar-refractivity contribution in [2.24, 2.45) is 0 Å². The Bertz CT molecular complexity index is 843. The number of aliphatic hydroxyl groups is 1. The molecule has 0 spiro atoms. The van der Waals surface area contributed by atoms with Gasteiger partial charge in [-0.05, 0) is 34.7 Å². The van der Waals surface area contributed by atoms with Crippen molar-refractivity contribution in [3.8, 4) is 11.1 Å². The average molecular weight is 342 g/mol. The van der Waals surface area contributed by atoms with E-state index in [0.29, 0.717) is 18.4 Å². The van der Waals surface area contributed by atoms with E-state index in [1.165, 1.54) is 12.1 Å². The van der Waals surface area contributed by atoms with Crippen LogP contribution < -0.4 is 0 Å². The maximum absolute atomic E-state index is 13.4. The normalized spacial score (nSPS) is 15.1. The number of aryl methyl sites for hydroxylation is 1. The third-order valence-corrected chi connectivity index (χ3v) is 4.64. The van der Waals surface area contributed by atoms with Gasteiger partial charge in [0.15, 0.2) is 5.78 Å². The summed E-state index contributed by atoms with van der Waals surface area (Å²) in [4.78, 5) is 12.2. The number of Topliss-reactive ketones (excluding diaryl/α,β-unsaturated/α-hetero) is 1. The first-order valence-electron chi connectivity index (χ1n) is 8.38. The van der Waals surface area contributed by atoms with Gasteiger partial charge in [0, 0.05) is 25.3 Å². The molecule has 130 valence electrons. The van der Waals surface area contributed by atoms with Gasteiger partial charge < -0.3 is 5.11 Å². The van der Waals surface area contributed by atoms with Crippen LogP contribution in [-0.2, 0) is 17.1 Å². The van der Waals surface area contributed by atoms with Gasteiger partial charge >= 0.3 is 0 Å². The van der Waals surface area contributed by atoms with Crippen molar-refractivity contribution in [1.29, 1.82) is 0 Å². The van der Waals surface area contributed by atoms with Crippen LogP contribution in [0.25, 0.3) is 16.7 Å². The second kappa shape index (κ2) is 6.43. The van der Waals surface area contributed by atoms with E-state index in [9.17, 15) is 18.7 Å². The van der Waals surface area contributed by atoms with Gasteiger partial charge in [0.2, 0.25) is 0 Å². The fourth-order valence-corrected chi connectivity index (χ4v) is 3.20. The monoisotopic (exact) mass is 342 g/mol. The fraction of sp³-hybridized carbons (Fsp3) is 0.286. The van der Waals surface area contributed by atoms with E-state index in [-0.39, 0.29) is 17.1 Å². The van der Waals surface area contributed by atoms with E-state index in [0.717, 1.165) is 35.6 Å². The number of ketones is 1. The summed E-state index contributed by atoms with van der Waals surface area (Å²) in [6.07, 6.45) is 1.44. The van der Waals surface area contributed by atoms with Crippen LogP contribution in [0.4, 0.5) is 8.78 Å². The summed E-state index contributed by atoms with van der Waals surface area (Å²) >= 11 is 0. The summed E-state index contributed by atoms with van der Waals surface area (Å²) < 4.78 is 26.7. The molecule has 0 saturated heterocycles. The molecule has 25 heavy (non-hydrogen) atoms. The molecule has 2 aromatic carbocycles. The summed E-state index contributed by atoms with van der Waals surface area (Å²) in [5.41, 5.74) is 3.71. The molecule has 2 aromatic rings. The Morgan fingerprint density at radius 1 is 1.04 bits per heavy atom. The Hall–Kier alpha value is -2.49. The highest BCUT2D eigenvalue weighted by molar-refractivity contribution is 6.23. The summed E-state index contributed by atoms with van der Waals surface area (Å²) in [5.74, 6) is -2.79. The first kappa shape index (κ1) is 17.3. The van der Waals surface area contributed by atoms with E-state index < -0.39 is 5.92 Å². The zero-order valence-corrected chi connectivity index (χ0v) is 14.3. The number of carbonyl (C=O) groups is 1. The molecule has 2 nitrogen and oxygen atoms in total. The van der Waals surface area contributed by atoms with Crippen molar-refractivity contribution in [3.63, 3.8) is 0 Å². The summed E-state index contributed by atoms with van der Waals surface area (Å²) in [6, 6.07) is 11.9. The van der Waals surface area contributed by atoms with E-state index in [1.807, 2.05) is 25.1 Å². The van der Waals surface area contributed by atoms with Crippen LogP contribution in [0.5, 0.6) is 0 Å². The maximum atomic E-state index is 13.4. The molecular formula is C21H20F2O2. The lowest BCUT2D eigenvalue weighted by Gasteiger charge is -2.14. The molecule has 3 rings (SSSR count). The molecule has 4 heteroatoms. The van der Waals surface area contributed by atoms with Crippen LogP contribution in [-0.4, -0.2) is 10.9 Å². The van der Waals surface area contributed by atoms with E-state index in [1.54, 1.807) is 12.1 Å². The average Bonchev–Trinajstić information content (AvgIpc) is 2.92. The molecule has 0 radical (unpaired) electrons. The number of aliphatic hydroxyl groups excluding tert-OH is 1. The Labute approximate surface area is 145 Å². The van der Waals surface area contributed by atoms with E-state index in [4.69, 9.17) is 0 Å². The highest BCUT2D eigenvalue weighted by atomic mass is 19.3. The largest absolute Gasteiger partial charge is 0.512 e. The second-order valence-corrected chi connectivity index (χ2v) is 6.44. The SMILES string of the molecule is CCc1ccc(-c2ccc(C(C)(F)F)cc2)cc1C1=C(O)CCC1=O. The van der Waals surface area contributed by atoms with Gasteiger partial charge in [0.1, 0.15) is 5.76 Å². The highest BCUT2D eigenvalue weighted by Crippen LogP contribution is 2.35. The third kappa shape index (κ3) is 3.34. The van der Waals surface area contributed by atoms with Gasteiger partial charge in [-0.15, -0.1) is 0 Å². The minimum absolute atomic E-state index is 0.0343. The van der Waals surface area contributed by atoms with Crippen LogP contribution in [0.1, 0.15) is 43.4 Å². The van der Waals surface area contributed by atoms with Crippen LogP contribution in [0.3, 0.4) is 0 Å². The minimum atomic E-state index is -2.87. The Morgan fingerprint density at radius 2 is 1.68 bits per heavy atom. The van der Waals surface area contributed by atoms with Crippen LogP contribution in [0.2, 0.25) is 0 Å². The minimum Gasteiger partial charge on any atom is -0.512 e. The predicted molar refractivity (Wildman–Crippen MR) is 94.6 cm³/mol. The molecule has 1 aliphatic rings. The smallest absolute Gasteiger partial charge is 0.270 e. The van der Waals surface area contributed by atoms with E-state index in [2.05, 4.69) is 0 Å². The maximum Gasteiger partial charge on any atom is 0.270 e. The van der Waals surface area contributed by atoms with Crippen LogP contribution >= 0.6 is 0 Å². The van der Waals surface area contributed by atoms with Crippen molar-refractivity contribution < 1.29 is 18.7 Å². The van der Waals surface area contributed by atoms with Gasteiger partial charge in [-0.1, -0.05) is 43.3 Å². The number of hydrogen-bond donors (Lipinski definition) is 1. The Kier molecular flexibility index (Phi) is 4.46. The molecule has 0 bridgehead atoms. The molecule has 0 fully saturated rings. The lowest BCUT2D eigenvalue weighted by Crippen LogP contribution is -2.06. The molecule has 0 saturated carbocycles. The van der Waals surface area contributed by atoms with Crippen LogP contribution in [0.15, 0.2) is 48.2 Å². The number of hydrogen-bond acceptors (Lipinski definition) is 2. The first-order chi connectivity index (χ1) is 11.8. The zero-order chi connectivity index (χ0) is 18.2. The van der Waals surface area contributed by atoms with Crippen molar-refractivity contribution in [2.75, 3.05) is 0 Å². The van der Waals surface area contributed by atoms with Crippen molar-refractivity contribution in [1.82, 2.24) is 0 Å². The summed E-state index contributed by atoms with van der Waals surface area (Å²) in [5, 5.41) is 10.1. The topological polar surface area (TPSA) is 37.3 Å². The molecule has 0 amide bonds. The Morgan fingerprint density at radius 3 is 2.20 bits per heavy atom. The van der Waals surface area contributed by atoms with Crippen molar-refractivity contribution >= 4 is 11.4 Å². The number of halogens is 2. The number of alkyl halides is 2. The summed E-state index contributed by atoms with van der Waals surface area (Å²) in [6.45, 7) is 2.87. The van der Waals surface area contributed by atoms with Gasteiger partial charge in [0.05, 0.1) is 5.57 Å². The van der Waals surface area contributed by atoms with E-state index >= 15 is 0 Å². The lowest BCUT2D eigenvalue weighted by molar-refractivity contribution is -0.113. The zero-order valence-electron chi connectivity index (χ0n) is 14.3. The predicted octanol–water partition coefficient (Wildman–Crippen LogP) is 5.66. The third-order valence-electron chi connectivity index (χ3n) is 4.64. The summed E-state index contributed by atoms with van der Waals surface area (Å²) in [7, 11) is 0. The second-order valence-electron chi connectivity index (χ2n) is 6.44. The molecular weight excluding hydrogens is 322 g/mol. The number of carbonyl (C=O) groups excluding carboxylic acids is 1. The van der Waals surface area contributed by atoms with Crippen molar-refractivity contribution in [2.45, 2.75) is 39.0 Å². The number of allylic oxidation sites excluding steroid dienone is 2. The van der Waals surface area contributed by atoms with Crippen molar-refractivity contribution in [3.05, 3.63) is 64.9 Å². The highest BCUT2D eigenvalue weighted by Gasteiger charge is 2.26. The molecule has 1 aliphatic carbocycles. The molecule has 0 aromatic heterocycles.